The quantitative estimate of drug-likeness (QED) is 0.437. The number of hydrogen-bond donors (Lipinski definition) is 0. The van der Waals surface area contributed by atoms with E-state index in [1.54, 1.807) is 17.3 Å². The molecule has 10 heteroatoms. The van der Waals surface area contributed by atoms with Gasteiger partial charge in [0.05, 0.1) is 22.9 Å². The summed E-state index contributed by atoms with van der Waals surface area (Å²) in [6.45, 7) is 6.01. The van der Waals surface area contributed by atoms with Crippen molar-refractivity contribution < 1.29 is 13.2 Å². The van der Waals surface area contributed by atoms with E-state index in [0.29, 0.717) is 17.4 Å². The molecule has 3 aromatic rings. The number of benzene rings is 1. The lowest BCUT2D eigenvalue weighted by molar-refractivity contribution is -0.132. The van der Waals surface area contributed by atoms with Gasteiger partial charge in [-0.1, -0.05) is 36.9 Å². The number of thioether (sulfide) groups is 1. The second-order valence-electron chi connectivity index (χ2n) is 8.57. The van der Waals surface area contributed by atoms with E-state index < -0.39 is 9.84 Å². The minimum absolute atomic E-state index is 0.0342. The van der Waals surface area contributed by atoms with Crippen molar-refractivity contribution in [2.45, 2.75) is 50.9 Å². The molecule has 0 spiro atoms. The summed E-state index contributed by atoms with van der Waals surface area (Å²) >= 11 is 1.32. The summed E-state index contributed by atoms with van der Waals surface area (Å²) in [7, 11) is -3.09. The highest BCUT2D eigenvalue weighted by atomic mass is 32.2. The molecule has 3 heterocycles. The zero-order valence-electron chi connectivity index (χ0n) is 19.6. The monoisotopic (exact) mass is 499 g/mol. The molecule has 0 bridgehead atoms. The van der Waals surface area contributed by atoms with E-state index in [0.717, 1.165) is 23.2 Å². The number of carbonyl (C=O) groups excluding carboxylic acids is 1. The van der Waals surface area contributed by atoms with Crippen molar-refractivity contribution in [3.63, 3.8) is 0 Å². The van der Waals surface area contributed by atoms with Gasteiger partial charge in [-0.05, 0) is 50.5 Å². The third-order valence-electron chi connectivity index (χ3n) is 6.21. The minimum atomic E-state index is -3.09. The molecule has 1 saturated heterocycles. The first-order valence-electron chi connectivity index (χ1n) is 11.4. The van der Waals surface area contributed by atoms with Crippen LogP contribution < -0.4 is 0 Å². The Bertz CT molecular complexity index is 1260. The van der Waals surface area contributed by atoms with E-state index in [-0.39, 0.29) is 35.2 Å². The number of amides is 1. The van der Waals surface area contributed by atoms with Gasteiger partial charge in [-0.25, -0.2) is 8.42 Å². The normalized spacial score (nSPS) is 18.0. The maximum atomic E-state index is 13.4. The molecular weight excluding hydrogens is 470 g/mol. The zero-order chi connectivity index (χ0) is 24.3. The van der Waals surface area contributed by atoms with E-state index in [4.69, 9.17) is 0 Å². The van der Waals surface area contributed by atoms with Crippen molar-refractivity contribution in [3.05, 3.63) is 54.4 Å². The van der Waals surface area contributed by atoms with Crippen molar-refractivity contribution >= 4 is 27.5 Å². The fourth-order valence-electron chi connectivity index (χ4n) is 4.28. The molecule has 1 aromatic carbocycles. The van der Waals surface area contributed by atoms with Crippen molar-refractivity contribution in [3.8, 4) is 17.1 Å². The molecule has 0 aliphatic carbocycles. The summed E-state index contributed by atoms with van der Waals surface area (Å²) in [5, 5.41) is 9.46. The van der Waals surface area contributed by atoms with Gasteiger partial charge >= 0.3 is 0 Å². The largest absolute Gasteiger partial charge is 0.335 e. The van der Waals surface area contributed by atoms with Gasteiger partial charge in [0, 0.05) is 30.0 Å². The van der Waals surface area contributed by atoms with Crippen LogP contribution in [-0.4, -0.2) is 68.3 Å². The third-order valence-corrected chi connectivity index (χ3v) is 8.87. The Hall–Kier alpha value is -2.72. The molecule has 1 fully saturated rings. The number of nitrogens with zero attached hydrogens (tertiary/aromatic N) is 5. The number of carbonyl (C=O) groups is 1. The van der Waals surface area contributed by atoms with E-state index in [9.17, 15) is 13.2 Å². The van der Waals surface area contributed by atoms with E-state index in [1.165, 1.54) is 11.8 Å². The lowest BCUT2D eigenvalue weighted by Crippen LogP contribution is -2.47. The predicted molar refractivity (Wildman–Crippen MR) is 134 cm³/mol. The minimum Gasteiger partial charge on any atom is -0.335 e. The molecule has 2 unspecified atom stereocenters. The molecule has 1 amide bonds. The van der Waals surface area contributed by atoms with Crippen LogP contribution in [0.1, 0.15) is 32.3 Å². The molecule has 1 aliphatic heterocycles. The molecule has 8 nitrogen and oxygen atoms in total. The number of aromatic nitrogens is 4. The second-order valence-corrected chi connectivity index (χ2v) is 11.7. The topological polar surface area (TPSA) is 98.1 Å². The molecule has 0 saturated carbocycles. The van der Waals surface area contributed by atoms with Crippen LogP contribution in [0.15, 0.2) is 53.9 Å². The first kappa shape index (κ1) is 24.4. The highest BCUT2D eigenvalue weighted by molar-refractivity contribution is 7.99. The van der Waals surface area contributed by atoms with E-state index in [1.807, 2.05) is 61.7 Å². The lowest BCUT2D eigenvalue weighted by atomic mass is 10.1. The van der Waals surface area contributed by atoms with Crippen molar-refractivity contribution in [1.29, 1.82) is 0 Å². The summed E-state index contributed by atoms with van der Waals surface area (Å²) in [6, 6.07) is 11.4. The molecular formula is C24H29N5O3S2. The van der Waals surface area contributed by atoms with Gasteiger partial charge < -0.3 is 4.90 Å². The van der Waals surface area contributed by atoms with Gasteiger partial charge in [-0.2, -0.15) is 0 Å². The van der Waals surface area contributed by atoms with Gasteiger partial charge in [0.25, 0.3) is 0 Å². The second kappa shape index (κ2) is 10.3. The number of pyridine rings is 1. The van der Waals surface area contributed by atoms with Gasteiger partial charge in [-0.15, -0.1) is 10.2 Å². The Labute approximate surface area is 204 Å². The van der Waals surface area contributed by atoms with E-state index >= 15 is 0 Å². The summed E-state index contributed by atoms with van der Waals surface area (Å²) in [6.07, 6.45) is 4.68. The van der Waals surface area contributed by atoms with Crippen LogP contribution in [-0.2, 0) is 14.6 Å². The maximum absolute atomic E-state index is 13.4. The SMILES string of the molecule is CCC(C)N(C(=O)CSc1nnc(-c2ccncc2)n1-c1ccccc1C)C1CCS(=O)(=O)C1. The van der Waals surface area contributed by atoms with Crippen LogP contribution in [0.3, 0.4) is 0 Å². The Balaban J connectivity index is 1.63. The Morgan fingerprint density at radius 3 is 2.59 bits per heavy atom. The third kappa shape index (κ3) is 5.17. The first-order chi connectivity index (χ1) is 16.3. The van der Waals surface area contributed by atoms with Crippen LogP contribution in [0.4, 0.5) is 0 Å². The fourth-order valence-corrected chi connectivity index (χ4v) is 6.81. The molecule has 0 N–H and O–H groups in total. The molecule has 2 atom stereocenters. The van der Waals surface area contributed by atoms with Crippen molar-refractivity contribution in [1.82, 2.24) is 24.6 Å². The molecule has 180 valence electrons. The van der Waals surface area contributed by atoms with E-state index in [2.05, 4.69) is 15.2 Å². The van der Waals surface area contributed by atoms with Crippen LogP contribution in [0.25, 0.3) is 17.1 Å². The molecule has 0 radical (unpaired) electrons. The highest BCUT2D eigenvalue weighted by Crippen LogP contribution is 2.30. The van der Waals surface area contributed by atoms with Crippen LogP contribution >= 0.6 is 11.8 Å². The molecule has 1 aliphatic rings. The molecule has 2 aromatic heterocycles. The number of para-hydroxylation sites is 1. The standard InChI is InChI=1S/C24H29N5O3S2/c1-4-18(3)28(20-11-14-34(31,32)16-20)22(30)15-33-24-27-26-23(19-9-12-25-13-10-19)29(24)21-8-6-5-7-17(21)2/h5-10,12-13,18,20H,4,11,14-16H2,1-3H3. The van der Waals surface area contributed by atoms with Gasteiger partial charge in [0.15, 0.2) is 20.8 Å². The summed E-state index contributed by atoms with van der Waals surface area (Å²) in [5.74, 6) is 0.932. The number of rotatable bonds is 8. The summed E-state index contributed by atoms with van der Waals surface area (Å²) in [4.78, 5) is 19.2. The summed E-state index contributed by atoms with van der Waals surface area (Å²) in [5.41, 5.74) is 2.87. The molecule has 34 heavy (non-hydrogen) atoms. The first-order valence-corrected chi connectivity index (χ1v) is 14.2. The lowest BCUT2D eigenvalue weighted by Gasteiger charge is -2.33. The zero-order valence-corrected chi connectivity index (χ0v) is 21.2. The van der Waals surface area contributed by atoms with Gasteiger partial charge in [0.2, 0.25) is 5.91 Å². The Morgan fingerprint density at radius 1 is 1.21 bits per heavy atom. The van der Waals surface area contributed by atoms with Gasteiger partial charge in [0.1, 0.15) is 0 Å². The smallest absolute Gasteiger partial charge is 0.233 e. The van der Waals surface area contributed by atoms with Crippen LogP contribution in [0, 0.1) is 6.92 Å². The molecule has 4 rings (SSSR count). The fraction of sp³-hybridized carbons (Fsp3) is 0.417. The number of hydrogen-bond acceptors (Lipinski definition) is 7. The van der Waals surface area contributed by atoms with Gasteiger partial charge in [-0.3, -0.25) is 14.3 Å². The Morgan fingerprint density at radius 2 is 1.94 bits per heavy atom. The average Bonchev–Trinajstić information content (AvgIpc) is 3.41. The summed E-state index contributed by atoms with van der Waals surface area (Å²) < 4.78 is 26.1. The average molecular weight is 500 g/mol. The highest BCUT2D eigenvalue weighted by Gasteiger charge is 2.36. The number of sulfone groups is 1. The van der Waals surface area contributed by atoms with Crippen molar-refractivity contribution in [2.75, 3.05) is 17.3 Å². The predicted octanol–water partition coefficient (Wildman–Crippen LogP) is 3.54. The Kier molecular flexibility index (Phi) is 7.37. The maximum Gasteiger partial charge on any atom is 0.233 e. The number of aryl methyl sites for hydroxylation is 1. The van der Waals surface area contributed by atoms with Crippen molar-refractivity contribution in [2.24, 2.45) is 0 Å². The van der Waals surface area contributed by atoms with Crippen LogP contribution in [0.5, 0.6) is 0 Å². The van der Waals surface area contributed by atoms with Crippen LogP contribution in [0.2, 0.25) is 0 Å².